The molecule has 1 unspecified atom stereocenters. The molecule has 0 aromatic carbocycles. The minimum Gasteiger partial charge on any atom is -0.379 e. The minimum atomic E-state index is 0.00194. The third-order valence-electron chi connectivity index (χ3n) is 3.96. The number of ether oxygens (including phenoxy) is 1. The van der Waals surface area contributed by atoms with Gasteiger partial charge in [0.15, 0.2) is 0 Å². The summed E-state index contributed by atoms with van der Waals surface area (Å²) >= 11 is 5.37. The van der Waals surface area contributed by atoms with E-state index in [2.05, 4.69) is 51.5 Å². The topological polar surface area (TPSA) is 50.5 Å². The second-order valence-corrected chi connectivity index (χ2v) is 7.22. The van der Waals surface area contributed by atoms with Crippen LogP contribution in [-0.2, 0) is 11.2 Å². The predicted octanol–water partition coefficient (Wildman–Crippen LogP) is 2.00. The number of nitrogens with zero attached hydrogens (tertiary/aromatic N) is 1. The largest absolute Gasteiger partial charge is 0.379 e. The number of morpholine rings is 1. The molecule has 108 valence electrons. The van der Waals surface area contributed by atoms with Gasteiger partial charge in [-0.3, -0.25) is 16.2 Å². The first-order chi connectivity index (χ1) is 9.05. The highest BCUT2D eigenvalue weighted by molar-refractivity contribution is 9.10. The summed E-state index contributed by atoms with van der Waals surface area (Å²) in [6.07, 6.45) is 0.930. The molecule has 6 heteroatoms. The van der Waals surface area contributed by atoms with Crippen molar-refractivity contribution in [1.82, 2.24) is 10.3 Å². The van der Waals surface area contributed by atoms with Gasteiger partial charge < -0.3 is 4.74 Å². The molecule has 0 spiro atoms. The lowest BCUT2D eigenvalue weighted by molar-refractivity contribution is -0.0232. The number of thiophene rings is 1. The van der Waals surface area contributed by atoms with Crippen LogP contribution < -0.4 is 11.3 Å². The third kappa shape index (κ3) is 3.56. The maximum atomic E-state index is 5.81. The molecule has 0 bridgehead atoms. The van der Waals surface area contributed by atoms with Gasteiger partial charge in [0.1, 0.15) is 0 Å². The van der Waals surface area contributed by atoms with Gasteiger partial charge in [0.25, 0.3) is 0 Å². The van der Waals surface area contributed by atoms with Gasteiger partial charge in [0.05, 0.1) is 13.2 Å². The zero-order valence-electron chi connectivity index (χ0n) is 11.5. The fraction of sp³-hybridized carbons (Fsp3) is 0.692. The molecule has 0 saturated carbocycles. The number of hydrogen-bond donors (Lipinski definition) is 2. The Bertz CT molecular complexity index is 404. The Hall–Kier alpha value is 0.0200. The van der Waals surface area contributed by atoms with Gasteiger partial charge in [-0.2, -0.15) is 0 Å². The van der Waals surface area contributed by atoms with Crippen LogP contribution in [0.5, 0.6) is 0 Å². The molecular weight excluding hydrogens is 326 g/mol. The maximum Gasteiger partial charge on any atom is 0.0594 e. The molecule has 1 saturated heterocycles. The van der Waals surface area contributed by atoms with Crippen LogP contribution in [0.15, 0.2) is 15.9 Å². The van der Waals surface area contributed by atoms with Crippen LogP contribution >= 0.6 is 27.3 Å². The average Bonchev–Trinajstić information content (AvgIpc) is 2.82. The van der Waals surface area contributed by atoms with Gasteiger partial charge in [0.2, 0.25) is 0 Å². The summed E-state index contributed by atoms with van der Waals surface area (Å²) in [5.41, 5.74) is 3.01. The van der Waals surface area contributed by atoms with E-state index in [0.717, 1.165) is 32.7 Å². The van der Waals surface area contributed by atoms with E-state index >= 15 is 0 Å². The van der Waals surface area contributed by atoms with Crippen LogP contribution in [0.3, 0.4) is 0 Å². The lowest BCUT2D eigenvalue weighted by Crippen LogP contribution is -2.62. The fourth-order valence-corrected chi connectivity index (χ4v) is 4.09. The van der Waals surface area contributed by atoms with E-state index in [1.807, 2.05) is 0 Å². The number of nitrogens with one attached hydrogen (secondary N) is 1. The van der Waals surface area contributed by atoms with Gasteiger partial charge in [-0.1, -0.05) is 0 Å². The zero-order valence-corrected chi connectivity index (χ0v) is 13.9. The first kappa shape index (κ1) is 15.4. The van der Waals surface area contributed by atoms with Gasteiger partial charge in [0, 0.05) is 40.4 Å². The Morgan fingerprint density at radius 2 is 2.21 bits per heavy atom. The SMILES string of the molecule is CC(C)(C(Cc1sccc1Br)NN)N1CCOCC1. The summed E-state index contributed by atoms with van der Waals surface area (Å²) in [4.78, 5) is 3.80. The van der Waals surface area contributed by atoms with Crippen molar-refractivity contribution in [2.75, 3.05) is 26.3 Å². The average molecular weight is 348 g/mol. The van der Waals surface area contributed by atoms with Crippen molar-refractivity contribution in [2.45, 2.75) is 31.8 Å². The molecule has 1 aliphatic rings. The summed E-state index contributed by atoms with van der Waals surface area (Å²) in [7, 11) is 0. The summed E-state index contributed by atoms with van der Waals surface area (Å²) in [5.74, 6) is 5.81. The highest BCUT2D eigenvalue weighted by Crippen LogP contribution is 2.28. The smallest absolute Gasteiger partial charge is 0.0594 e. The third-order valence-corrected chi connectivity index (χ3v) is 5.91. The molecule has 0 aliphatic carbocycles. The molecule has 0 amide bonds. The molecule has 1 aromatic heterocycles. The standard InChI is InChI=1S/C13H22BrN3OS/c1-13(2,17-4-6-18-7-5-17)12(16-15)9-11-10(14)3-8-19-11/h3,8,12,16H,4-7,9,15H2,1-2H3. The van der Waals surface area contributed by atoms with Crippen LogP contribution in [0, 0.1) is 0 Å². The van der Waals surface area contributed by atoms with Crippen molar-refractivity contribution in [3.63, 3.8) is 0 Å². The molecule has 19 heavy (non-hydrogen) atoms. The van der Waals surface area contributed by atoms with Gasteiger partial charge in [-0.05, 0) is 41.2 Å². The highest BCUT2D eigenvalue weighted by Gasteiger charge is 2.36. The Morgan fingerprint density at radius 1 is 1.53 bits per heavy atom. The molecular formula is C13H22BrN3OS. The number of hydrazine groups is 1. The van der Waals surface area contributed by atoms with Crippen LogP contribution in [-0.4, -0.2) is 42.8 Å². The maximum absolute atomic E-state index is 5.81. The van der Waals surface area contributed by atoms with Gasteiger partial charge in [-0.15, -0.1) is 11.3 Å². The molecule has 1 aromatic rings. The van der Waals surface area contributed by atoms with Crippen LogP contribution in [0.4, 0.5) is 0 Å². The monoisotopic (exact) mass is 347 g/mol. The summed E-state index contributed by atoms with van der Waals surface area (Å²) in [6.45, 7) is 8.06. The molecule has 2 heterocycles. The number of rotatable bonds is 5. The molecule has 2 rings (SSSR count). The summed E-state index contributed by atoms with van der Waals surface area (Å²) < 4.78 is 6.61. The minimum absolute atomic E-state index is 0.00194. The normalized spacial score (nSPS) is 19.6. The first-order valence-electron chi connectivity index (χ1n) is 6.56. The van der Waals surface area contributed by atoms with Gasteiger partial charge in [-0.25, -0.2) is 0 Å². The number of halogens is 1. The van der Waals surface area contributed by atoms with Crippen molar-refractivity contribution in [1.29, 1.82) is 0 Å². The van der Waals surface area contributed by atoms with E-state index in [4.69, 9.17) is 10.6 Å². The summed E-state index contributed by atoms with van der Waals surface area (Å²) in [5, 5.41) is 2.11. The van der Waals surface area contributed by atoms with E-state index in [0.29, 0.717) is 0 Å². The molecule has 4 nitrogen and oxygen atoms in total. The Labute approximate surface area is 127 Å². The van der Waals surface area contributed by atoms with E-state index < -0.39 is 0 Å². The first-order valence-corrected chi connectivity index (χ1v) is 8.23. The van der Waals surface area contributed by atoms with E-state index in [-0.39, 0.29) is 11.6 Å². The molecule has 3 N–H and O–H groups in total. The molecule has 1 fully saturated rings. The van der Waals surface area contributed by atoms with Crippen molar-refractivity contribution in [2.24, 2.45) is 5.84 Å². The fourth-order valence-electron chi connectivity index (χ4n) is 2.53. The Balaban J connectivity index is 2.08. The molecule has 0 radical (unpaired) electrons. The van der Waals surface area contributed by atoms with Crippen molar-refractivity contribution >= 4 is 27.3 Å². The second kappa shape index (κ2) is 6.65. The molecule has 1 aliphatic heterocycles. The number of nitrogens with two attached hydrogens (primary N) is 1. The van der Waals surface area contributed by atoms with Crippen LogP contribution in [0.1, 0.15) is 18.7 Å². The predicted molar refractivity (Wildman–Crippen MR) is 83.3 cm³/mol. The lowest BCUT2D eigenvalue weighted by atomic mass is 9.89. The zero-order chi connectivity index (χ0) is 13.9. The van der Waals surface area contributed by atoms with Crippen molar-refractivity contribution < 1.29 is 4.74 Å². The quantitative estimate of drug-likeness (QED) is 0.631. The Kier molecular flexibility index (Phi) is 5.39. The Morgan fingerprint density at radius 3 is 2.74 bits per heavy atom. The second-order valence-electron chi connectivity index (χ2n) is 5.37. The van der Waals surface area contributed by atoms with E-state index in [9.17, 15) is 0 Å². The van der Waals surface area contributed by atoms with Crippen LogP contribution in [0.25, 0.3) is 0 Å². The molecule has 1 atom stereocenters. The van der Waals surface area contributed by atoms with Crippen molar-refractivity contribution in [3.8, 4) is 0 Å². The van der Waals surface area contributed by atoms with E-state index in [1.165, 1.54) is 9.35 Å². The lowest BCUT2D eigenvalue weighted by Gasteiger charge is -2.45. The van der Waals surface area contributed by atoms with E-state index in [1.54, 1.807) is 11.3 Å². The van der Waals surface area contributed by atoms with Crippen molar-refractivity contribution in [3.05, 3.63) is 20.8 Å². The summed E-state index contributed by atoms with van der Waals surface area (Å²) in [6, 6.07) is 2.30. The van der Waals surface area contributed by atoms with Crippen LogP contribution in [0.2, 0.25) is 0 Å². The van der Waals surface area contributed by atoms with Gasteiger partial charge >= 0.3 is 0 Å². The number of hydrogen-bond acceptors (Lipinski definition) is 5. The highest BCUT2D eigenvalue weighted by atomic mass is 79.9.